The molecule has 0 aliphatic heterocycles. The van der Waals surface area contributed by atoms with E-state index in [-0.39, 0.29) is 0 Å². The average Bonchev–Trinajstić information content (AvgIpc) is 2.13. The molecule has 0 atom stereocenters. The van der Waals surface area contributed by atoms with E-state index in [2.05, 4.69) is 44.1 Å². The van der Waals surface area contributed by atoms with Crippen LogP contribution in [0.25, 0.3) is 0 Å². The number of rotatable bonds is 4. The van der Waals surface area contributed by atoms with Crippen LogP contribution in [0.3, 0.4) is 0 Å². The molecule has 0 aliphatic rings. The summed E-state index contributed by atoms with van der Waals surface area (Å²) in [5.74, 6) is 0. The molecule has 0 saturated heterocycles. The van der Waals surface area contributed by atoms with Crippen molar-refractivity contribution in [3.8, 4) is 0 Å². The minimum atomic E-state index is 0.409. The SMILES string of the molecule is Cc1cccnc1CNCCC(C)(C)C. The maximum Gasteiger partial charge on any atom is 0.0570 e. The highest BCUT2D eigenvalue weighted by molar-refractivity contribution is 5.17. The van der Waals surface area contributed by atoms with Gasteiger partial charge in [0.2, 0.25) is 0 Å². The van der Waals surface area contributed by atoms with Gasteiger partial charge in [0, 0.05) is 12.7 Å². The fraction of sp³-hybridized carbons (Fsp3) is 0.615. The lowest BCUT2D eigenvalue weighted by Crippen LogP contribution is -2.21. The molecule has 1 aromatic rings. The molecule has 1 heterocycles. The zero-order chi connectivity index (χ0) is 11.3. The van der Waals surface area contributed by atoms with Crippen molar-refractivity contribution in [2.24, 2.45) is 5.41 Å². The van der Waals surface area contributed by atoms with E-state index in [1.165, 1.54) is 12.0 Å². The van der Waals surface area contributed by atoms with E-state index in [0.717, 1.165) is 18.8 Å². The summed E-state index contributed by atoms with van der Waals surface area (Å²) < 4.78 is 0. The fourth-order valence-electron chi connectivity index (χ4n) is 1.37. The molecule has 1 rings (SSSR count). The van der Waals surface area contributed by atoms with Gasteiger partial charge >= 0.3 is 0 Å². The zero-order valence-electron chi connectivity index (χ0n) is 10.3. The summed E-state index contributed by atoms with van der Waals surface area (Å²) in [6, 6.07) is 4.09. The Hall–Kier alpha value is -0.890. The summed E-state index contributed by atoms with van der Waals surface area (Å²) in [6.07, 6.45) is 3.05. The minimum absolute atomic E-state index is 0.409. The molecule has 2 heteroatoms. The normalized spacial score (nSPS) is 11.7. The molecule has 1 aromatic heterocycles. The number of aromatic nitrogens is 1. The number of hydrogen-bond donors (Lipinski definition) is 1. The summed E-state index contributed by atoms with van der Waals surface area (Å²) in [7, 11) is 0. The molecule has 0 aromatic carbocycles. The molecular weight excluding hydrogens is 184 g/mol. The van der Waals surface area contributed by atoms with Crippen LogP contribution in [0, 0.1) is 12.3 Å². The summed E-state index contributed by atoms with van der Waals surface area (Å²) in [5.41, 5.74) is 2.83. The van der Waals surface area contributed by atoms with Crippen molar-refractivity contribution in [1.82, 2.24) is 10.3 Å². The first-order valence-corrected chi connectivity index (χ1v) is 5.60. The van der Waals surface area contributed by atoms with Gasteiger partial charge in [0.05, 0.1) is 5.69 Å². The molecule has 1 N–H and O–H groups in total. The lowest BCUT2D eigenvalue weighted by atomic mass is 9.92. The monoisotopic (exact) mass is 206 g/mol. The van der Waals surface area contributed by atoms with Gasteiger partial charge in [-0.05, 0) is 36.9 Å². The maximum absolute atomic E-state index is 4.35. The zero-order valence-corrected chi connectivity index (χ0v) is 10.3. The summed E-state index contributed by atoms with van der Waals surface area (Å²) in [5, 5.41) is 3.44. The van der Waals surface area contributed by atoms with Gasteiger partial charge in [-0.1, -0.05) is 26.8 Å². The summed E-state index contributed by atoms with van der Waals surface area (Å²) in [4.78, 5) is 4.35. The fourth-order valence-corrected chi connectivity index (χ4v) is 1.37. The van der Waals surface area contributed by atoms with Gasteiger partial charge in [0.25, 0.3) is 0 Å². The van der Waals surface area contributed by atoms with Gasteiger partial charge in [-0.2, -0.15) is 0 Å². The van der Waals surface area contributed by atoms with E-state index in [1.54, 1.807) is 0 Å². The standard InChI is InChI=1S/C13H22N2/c1-11-6-5-8-15-12(11)10-14-9-7-13(2,3)4/h5-6,8,14H,7,9-10H2,1-4H3. The molecule has 0 unspecified atom stereocenters. The van der Waals surface area contributed by atoms with Gasteiger partial charge in [-0.15, -0.1) is 0 Å². The van der Waals surface area contributed by atoms with E-state index in [4.69, 9.17) is 0 Å². The third kappa shape index (κ3) is 4.93. The molecule has 15 heavy (non-hydrogen) atoms. The van der Waals surface area contributed by atoms with Crippen molar-refractivity contribution >= 4 is 0 Å². The van der Waals surface area contributed by atoms with Crippen molar-refractivity contribution in [2.75, 3.05) is 6.54 Å². The number of hydrogen-bond acceptors (Lipinski definition) is 2. The van der Waals surface area contributed by atoms with Gasteiger partial charge in [0.15, 0.2) is 0 Å². The second-order valence-electron chi connectivity index (χ2n) is 5.25. The second-order valence-corrected chi connectivity index (χ2v) is 5.25. The van der Waals surface area contributed by atoms with E-state index in [0.29, 0.717) is 5.41 Å². The van der Waals surface area contributed by atoms with E-state index in [1.807, 2.05) is 12.3 Å². The van der Waals surface area contributed by atoms with E-state index < -0.39 is 0 Å². The highest BCUT2D eigenvalue weighted by atomic mass is 14.9. The predicted octanol–water partition coefficient (Wildman–Crippen LogP) is 2.92. The van der Waals surface area contributed by atoms with E-state index >= 15 is 0 Å². The first-order chi connectivity index (χ1) is 6.99. The number of nitrogens with one attached hydrogen (secondary N) is 1. The Labute approximate surface area is 93.1 Å². The Bertz CT molecular complexity index is 300. The van der Waals surface area contributed by atoms with Crippen LogP contribution < -0.4 is 5.32 Å². The minimum Gasteiger partial charge on any atom is -0.311 e. The molecule has 0 amide bonds. The van der Waals surface area contributed by atoms with Crippen LogP contribution in [0.5, 0.6) is 0 Å². The third-order valence-corrected chi connectivity index (χ3v) is 2.46. The largest absolute Gasteiger partial charge is 0.311 e. The van der Waals surface area contributed by atoms with Crippen molar-refractivity contribution in [3.05, 3.63) is 29.6 Å². The molecule has 0 saturated carbocycles. The van der Waals surface area contributed by atoms with Crippen LogP contribution in [0.1, 0.15) is 38.4 Å². The number of aryl methyl sites for hydroxylation is 1. The Balaban J connectivity index is 2.30. The number of pyridine rings is 1. The molecule has 0 fully saturated rings. The van der Waals surface area contributed by atoms with Gasteiger partial charge in [-0.3, -0.25) is 4.98 Å². The summed E-state index contributed by atoms with van der Waals surface area (Å²) >= 11 is 0. The smallest absolute Gasteiger partial charge is 0.0570 e. The van der Waals surface area contributed by atoms with Crippen LogP contribution in [-0.4, -0.2) is 11.5 Å². The Morgan fingerprint density at radius 1 is 1.33 bits per heavy atom. The molecular formula is C13H22N2. The highest BCUT2D eigenvalue weighted by Gasteiger charge is 2.08. The van der Waals surface area contributed by atoms with Crippen LogP contribution in [-0.2, 0) is 6.54 Å². The quantitative estimate of drug-likeness (QED) is 0.766. The molecule has 0 spiro atoms. The van der Waals surface area contributed by atoms with Crippen molar-refractivity contribution in [1.29, 1.82) is 0 Å². The molecule has 2 nitrogen and oxygen atoms in total. The second kappa shape index (κ2) is 5.26. The topological polar surface area (TPSA) is 24.9 Å². The summed E-state index contributed by atoms with van der Waals surface area (Å²) in [6.45, 7) is 10.8. The highest BCUT2D eigenvalue weighted by Crippen LogP contribution is 2.17. The lowest BCUT2D eigenvalue weighted by molar-refractivity contribution is 0.366. The van der Waals surface area contributed by atoms with E-state index in [9.17, 15) is 0 Å². The van der Waals surface area contributed by atoms with Crippen LogP contribution >= 0.6 is 0 Å². The van der Waals surface area contributed by atoms with Gasteiger partial charge in [-0.25, -0.2) is 0 Å². The van der Waals surface area contributed by atoms with Crippen molar-refractivity contribution in [2.45, 2.75) is 40.7 Å². The van der Waals surface area contributed by atoms with Crippen LogP contribution in [0.4, 0.5) is 0 Å². The lowest BCUT2D eigenvalue weighted by Gasteiger charge is -2.18. The van der Waals surface area contributed by atoms with Crippen LogP contribution in [0.15, 0.2) is 18.3 Å². The maximum atomic E-state index is 4.35. The first kappa shape index (κ1) is 12.2. The first-order valence-electron chi connectivity index (χ1n) is 5.60. The predicted molar refractivity (Wildman–Crippen MR) is 64.8 cm³/mol. The Morgan fingerprint density at radius 3 is 2.67 bits per heavy atom. The van der Waals surface area contributed by atoms with Crippen LogP contribution in [0.2, 0.25) is 0 Å². The van der Waals surface area contributed by atoms with Crippen molar-refractivity contribution in [3.63, 3.8) is 0 Å². The van der Waals surface area contributed by atoms with Gasteiger partial charge < -0.3 is 5.32 Å². The molecule has 0 aliphatic carbocycles. The van der Waals surface area contributed by atoms with Gasteiger partial charge in [0.1, 0.15) is 0 Å². The Morgan fingerprint density at radius 2 is 2.07 bits per heavy atom. The average molecular weight is 206 g/mol. The number of nitrogens with zero attached hydrogens (tertiary/aromatic N) is 1. The third-order valence-electron chi connectivity index (χ3n) is 2.46. The van der Waals surface area contributed by atoms with Crippen molar-refractivity contribution < 1.29 is 0 Å². The molecule has 0 radical (unpaired) electrons. The molecule has 84 valence electrons. The molecule has 0 bridgehead atoms. The Kier molecular flexibility index (Phi) is 4.28.